The molecule has 0 saturated carbocycles. The second-order valence-corrected chi connectivity index (χ2v) is 9.01. The van der Waals surface area contributed by atoms with E-state index in [1.165, 1.54) is 0 Å². The first-order valence-corrected chi connectivity index (χ1v) is 10.0. The summed E-state index contributed by atoms with van der Waals surface area (Å²) >= 11 is 3.60. The van der Waals surface area contributed by atoms with Crippen molar-refractivity contribution >= 4 is 22.0 Å². The number of para-hydroxylation sites is 1. The highest BCUT2D eigenvalue weighted by Gasteiger charge is 2.31. The Bertz CT molecular complexity index is 628. The first-order chi connectivity index (χ1) is 12.1. The van der Waals surface area contributed by atoms with Gasteiger partial charge in [-0.3, -0.25) is 4.90 Å². The quantitative estimate of drug-likeness (QED) is 0.700. The Hall–Kier alpha value is -1.27. The van der Waals surface area contributed by atoms with E-state index in [-0.39, 0.29) is 18.2 Å². The number of halogens is 1. The van der Waals surface area contributed by atoms with Crippen molar-refractivity contribution in [2.45, 2.75) is 65.8 Å². The third-order valence-corrected chi connectivity index (χ3v) is 4.76. The van der Waals surface area contributed by atoms with Crippen molar-refractivity contribution in [2.24, 2.45) is 0 Å². The smallest absolute Gasteiger partial charge is 0.410 e. The van der Waals surface area contributed by atoms with E-state index in [1.54, 1.807) is 0 Å². The second kappa shape index (κ2) is 8.61. The summed E-state index contributed by atoms with van der Waals surface area (Å²) in [7, 11) is 0. The molecule has 1 saturated heterocycles. The molecule has 6 heteroatoms. The van der Waals surface area contributed by atoms with E-state index in [0.717, 1.165) is 35.4 Å². The van der Waals surface area contributed by atoms with E-state index in [2.05, 4.69) is 33.8 Å². The molecule has 26 heavy (non-hydrogen) atoms. The van der Waals surface area contributed by atoms with Gasteiger partial charge in [-0.2, -0.15) is 0 Å². The normalized spacial score (nSPS) is 18.9. The number of benzene rings is 1. The van der Waals surface area contributed by atoms with Crippen LogP contribution in [0.15, 0.2) is 22.7 Å². The van der Waals surface area contributed by atoms with Crippen molar-refractivity contribution in [3.63, 3.8) is 0 Å². The van der Waals surface area contributed by atoms with Gasteiger partial charge in [0.05, 0.1) is 10.6 Å². The van der Waals surface area contributed by atoms with Crippen LogP contribution in [-0.4, -0.2) is 53.3 Å². The fraction of sp³-hybridized carbons (Fsp3) is 0.650. The molecule has 146 valence electrons. The van der Waals surface area contributed by atoms with Gasteiger partial charge in [-0.25, -0.2) is 4.79 Å². The lowest BCUT2D eigenvalue weighted by atomic mass is 10.1. The predicted octanol–water partition coefficient (Wildman–Crippen LogP) is 4.68. The molecule has 1 heterocycles. The Labute approximate surface area is 165 Å². The Kier molecular flexibility index (Phi) is 6.97. The average Bonchev–Trinajstić information content (AvgIpc) is 2.48. The van der Waals surface area contributed by atoms with E-state index in [1.807, 2.05) is 51.7 Å². The SMILES string of the molecule is CC(C)Oc1c(Br)cccc1CN1CCN(C(=O)OC(C)(C)C)[C@H](C)C1. The van der Waals surface area contributed by atoms with Crippen molar-refractivity contribution < 1.29 is 14.3 Å². The monoisotopic (exact) mass is 426 g/mol. The Balaban J connectivity index is 2.02. The number of hydrogen-bond acceptors (Lipinski definition) is 4. The molecule has 5 nitrogen and oxygen atoms in total. The molecule has 1 amide bonds. The third-order valence-electron chi connectivity index (χ3n) is 4.14. The Morgan fingerprint density at radius 2 is 2.00 bits per heavy atom. The van der Waals surface area contributed by atoms with Gasteiger partial charge in [0.1, 0.15) is 11.4 Å². The highest BCUT2D eigenvalue weighted by molar-refractivity contribution is 9.10. The lowest BCUT2D eigenvalue weighted by Crippen LogP contribution is -2.54. The maximum atomic E-state index is 12.4. The minimum Gasteiger partial charge on any atom is -0.489 e. The molecule has 1 fully saturated rings. The third kappa shape index (κ3) is 5.88. The van der Waals surface area contributed by atoms with Gasteiger partial charge in [0, 0.05) is 37.8 Å². The summed E-state index contributed by atoms with van der Waals surface area (Å²) in [5.41, 5.74) is 0.693. The van der Waals surface area contributed by atoms with Crippen molar-refractivity contribution in [3.8, 4) is 5.75 Å². The van der Waals surface area contributed by atoms with Crippen LogP contribution in [0, 0.1) is 0 Å². The van der Waals surface area contributed by atoms with Gasteiger partial charge in [0.15, 0.2) is 0 Å². The van der Waals surface area contributed by atoms with Crippen molar-refractivity contribution in [2.75, 3.05) is 19.6 Å². The van der Waals surface area contributed by atoms with Gasteiger partial charge in [-0.15, -0.1) is 0 Å². The first kappa shape index (κ1) is 21.0. The van der Waals surface area contributed by atoms with Gasteiger partial charge in [0.2, 0.25) is 0 Å². The Morgan fingerprint density at radius 3 is 2.58 bits per heavy atom. The molecule has 0 radical (unpaired) electrons. The summed E-state index contributed by atoms with van der Waals surface area (Å²) in [6.07, 6.45) is -0.105. The molecular formula is C20H31BrN2O3. The summed E-state index contributed by atoms with van der Waals surface area (Å²) in [5.74, 6) is 0.907. The number of hydrogen-bond donors (Lipinski definition) is 0. The molecule has 0 N–H and O–H groups in total. The highest BCUT2D eigenvalue weighted by atomic mass is 79.9. The summed E-state index contributed by atoms with van der Waals surface area (Å²) in [5, 5.41) is 0. The van der Waals surface area contributed by atoms with Crippen molar-refractivity contribution in [1.82, 2.24) is 9.80 Å². The number of carbonyl (C=O) groups is 1. The van der Waals surface area contributed by atoms with E-state index >= 15 is 0 Å². The predicted molar refractivity (Wildman–Crippen MR) is 108 cm³/mol. The summed E-state index contributed by atoms with van der Waals surface area (Å²) in [4.78, 5) is 16.6. The van der Waals surface area contributed by atoms with Crippen LogP contribution in [0.25, 0.3) is 0 Å². The van der Waals surface area contributed by atoms with Gasteiger partial charge in [-0.05, 0) is 63.5 Å². The summed E-state index contributed by atoms with van der Waals surface area (Å²) in [6.45, 7) is 14.9. The van der Waals surface area contributed by atoms with Gasteiger partial charge in [-0.1, -0.05) is 12.1 Å². The zero-order valence-corrected chi connectivity index (χ0v) is 18.3. The standard InChI is InChI=1S/C20H31BrN2O3/c1-14(2)25-18-16(8-7-9-17(18)21)13-22-10-11-23(15(3)12-22)19(24)26-20(4,5)6/h7-9,14-15H,10-13H2,1-6H3/t15-/m1/s1. The molecule has 1 atom stereocenters. The molecule has 0 bridgehead atoms. The lowest BCUT2D eigenvalue weighted by molar-refractivity contribution is 0.000424. The van der Waals surface area contributed by atoms with E-state index < -0.39 is 5.60 Å². The maximum absolute atomic E-state index is 12.4. The number of piperazine rings is 1. The first-order valence-electron chi connectivity index (χ1n) is 9.23. The molecular weight excluding hydrogens is 396 g/mol. The molecule has 1 aromatic rings. The van der Waals surface area contributed by atoms with E-state index in [0.29, 0.717) is 6.54 Å². The zero-order chi connectivity index (χ0) is 19.5. The van der Waals surface area contributed by atoms with Crippen LogP contribution in [0.4, 0.5) is 4.79 Å². The van der Waals surface area contributed by atoms with Crippen LogP contribution < -0.4 is 4.74 Å². The molecule has 2 rings (SSSR count). The Morgan fingerprint density at radius 1 is 1.31 bits per heavy atom. The fourth-order valence-corrected chi connectivity index (χ4v) is 3.56. The van der Waals surface area contributed by atoms with E-state index in [9.17, 15) is 4.79 Å². The van der Waals surface area contributed by atoms with Gasteiger partial charge >= 0.3 is 6.09 Å². The van der Waals surface area contributed by atoms with Gasteiger partial charge < -0.3 is 14.4 Å². The minimum absolute atomic E-state index is 0.111. The average molecular weight is 427 g/mol. The van der Waals surface area contributed by atoms with Crippen LogP contribution >= 0.6 is 15.9 Å². The number of carbonyl (C=O) groups excluding carboxylic acids is 1. The summed E-state index contributed by atoms with van der Waals surface area (Å²) in [6, 6.07) is 6.25. The number of ether oxygens (including phenoxy) is 2. The molecule has 1 aliphatic rings. The number of rotatable bonds is 4. The number of amides is 1. The molecule has 0 aromatic heterocycles. The second-order valence-electron chi connectivity index (χ2n) is 8.15. The van der Waals surface area contributed by atoms with E-state index in [4.69, 9.17) is 9.47 Å². The molecule has 1 aromatic carbocycles. The maximum Gasteiger partial charge on any atom is 0.410 e. The molecule has 0 aliphatic carbocycles. The van der Waals surface area contributed by atoms with Crippen LogP contribution in [0.3, 0.4) is 0 Å². The van der Waals surface area contributed by atoms with Crippen LogP contribution in [0.5, 0.6) is 5.75 Å². The molecule has 1 aliphatic heterocycles. The van der Waals surface area contributed by atoms with Crippen LogP contribution in [0.1, 0.15) is 47.1 Å². The largest absolute Gasteiger partial charge is 0.489 e. The molecule has 0 unspecified atom stereocenters. The zero-order valence-electron chi connectivity index (χ0n) is 16.7. The van der Waals surface area contributed by atoms with Crippen LogP contribution in [-0.2, 0) is 11.3 Å². The van der Waals surface area contributed by atoms with Gasteiger partial charge in [0.25, 0.3) is 0 Å². The summed E-state index contributed by atoms with van der Waals surface area (Å²) < 4.78 is 12.5. The number of nitrogens with zero attached hydrogens (tertiary/aromatic N) is 2. The fourth-order valence-electron chi connectivity index (χ4n) is 3.06. The highest BCUT2D eigenvalue weighted by Crippen LogP contribution is 2.31. The lowest BCUT2D eigenvalue weighted by Gasteiger charge is -2.40. The topological polar surface area (TPSA) is 42.0 Å². The minimum atomic E-state index is -0.465. The van der Waals surface area contributed by atoms with Crippen LogP contribution in [0.2, 0.25) is 0 Å². The molecule has 0 spiro atoms. The van der Waals surface area contributed by atoms with Crippen molar-refractivity contribution in [3.05, 3.63) is 28.2 Å². The van der Waals surface area contributed by atoms with Crippen molar-refractivity contribution in [1.29, 1.82) is 0 Å².